The van der Waals surface area contributed by atoms with E-state index in [-0.39, 0.29) is 25.7 Å². The molecule has 0 aliphatic heterocycles. The highest BCUT2D eigenvalue weighted by molar-refractivity contribution is 7.47. The summed E-state index contributed by atoms with van der Waals surface area (Å²) in [7, 11) is -9.90. The number of hydrogen-bond acceptors (Lipinski definition) is 15. The highest BCUT2D eigenvalue weighted by atomic mass is 31.2. The number of unbranched alkanes of at least 4 members (excludes halogenated alkanes) is 36. The van der Waals surface area contributed by atoms with Crippen molar-refractivity contribution in [3.8, 4) is 0 Å². The molecule has 0 aromatic carbocycles. The first-order chi connectivity index (χ1) is 42.7. The molecule has 0 bridgehead atoms. The lowest BCUT2D eigenvalue weighted by Gasteiger charge is -2.21. The van der Waals surface area contributed by atoms with Gasteiger partial charge in [-0.1, -0.05) is 299 Å². The average molecular weight is 1310 g/mol. The second-order valence-electron chi connectivity index (χ2n) is 26.7. The zero-order valence-electron chi connectivity index (χ0n) is 57.9. The molecule has 0 aromatic heterocycles. The minimum Gasteiger partial charge on any atom is -0.462 e. The summed E-state index contributed by atoms with van der Waals surface area (Å²) in [6.07, 6.45) is 44.5. The summed E-state index contributed by atoms with van der Waals surface area (Å²) in [4.78, 5) is 72.5. The summed E-state index contributed by atoms with van der Waals surface area (Å²) in [6, 6.07) is 0. The van der Waals surface area contributed by atoms with Crippen LogP contribution in [-0.4, -0.2) is 96.7 Å². The minimum absolute atomic E-state index is 0.105. The van der Waals surface area contributed by atoms with E-state index in [9.17, 15) is 43.2 Å². The molecular weight excluding hydrogens is 1170 g/mol. The third-order valence-corrected chi connectivity index (χ3v) is 18.0. The SMILES string of the molecule is CCCCCCCCCCCCCCCCC(=O)O[C@H](COC(=O)CCCCCCCCCCCCC(C)C)COP(=O)(O)OC[C@@H](O)COP(=O)(O)OC[C@@H](COC(=O)CCCCCCCCC(C)C)OC(=O)CCCCCCCCCCCCC(C)C. The molecule has 0 amide bonds. The van der Waals surface area contributed by atoms with Crippen LogP contribution >= 0.6 is 15.6 Å². The first-order valence-electron chi connectivity index (χ1n) is 36.3. The molecule has 0 rings (SSSR count). The maximum atomic E-state index is 13.0. The van der Waals surface area contributed by atoms with Crippen molar-refractivity contribution in [2.24, 2.45) is 17.8 Å². The number of ether oxygens (including phenoxy) is 4. The van der Waals surface area contributed by atoms with Gasteiger partial charge in [-0.05, 0) is 43.4 Å². The Morgan fingerprint density at radius 3 is 0.764 bits per heavy atom. The van der Waals surface area contributed by atoms with Crippen LogP contribution in [0.3, 0.4) is 0 Å². The number of aliphatic hydroxyl groups excluding tert-OH is 1. The lowest BCUT2D eigenvalue weighted by molar-refractivity contribution is -0.161. The Bertz CT molecular complexity index is 1750. The van der Waals surface area contributed by atoms with Gasteiger partial charge in [-0.25, -0.2) is 9.13 Å². The summed E-state index contributed by atoms with van der Waals surface area (Å²) in [5.41, 5.74) is 0. The third-order valence-electron chi connectivity index (χ3n) is 16.1. The van der Waals surface area contributed by atoms with Crippen LogP contribution in [0.25, 0.3) is 0 Å². The van der Waals surface area contributed by atoms with Crippen LogP contribution in [0.2, 0.25) is 0 Å². The molecule has 0 radical (unpaired) electrons. The molecular formula is C70H136O17P2. The minimum atomic E-state index is -4.95. The van der Waals surface area contributed by atoms with Gasteiger partial charge in [0.25, 0.3) is 0 Å². The van der Waals surface area contributed by atoms with E-state index >= 15 is 0 Å². The third kappa shape index (κ3) is 64.6. The smallest absolute Gasteiger partial charge is 0.462 e. The lowest BCUT2D eigenvalue weighted by atomic mass is 10.0. The first-order valence-corrected chi connectivity index (χ1v) is 39.3. The fourth-order valence-electron chi connectivity index (χ4n) is 10.5. The number of phosphoric ester groups is 2. The Morgan fingerprint density at radius 2 is 0.517 bits per heavy atom. The molecule has 2 unspecified atom stereocenters. The lowest BCUT2D eigenvalue weighted by Crippen LogP contribution is -2.30. The molecule has 17 nitrogen and oxygen atoms in total. The van der Waals surface area contributed by atoms with Crippen molar-refractivity contribution in [3.05, 3.63) is 0 Å². The van der Waals surface area contributed by atoms with Gasteiger partial charge in [0.2, 0.25) is 0 Å². The number of hydrogen-bond donors (Lipinski definition) is 3. The van der Waals surface area contributed by atoms with E-state index in [1.165, 1.54) is 154 Å². The molecule has 0 aliphatic carbocycles. The highest BCUT2D eigenvalue weighted by Crippen LogP contribution is 2.45. The molecule has 0 heterocycles. The zero-order chi connectivity index (χ0) is 65.9. The maximum absolute atomic E-state index is 13.0. The van der Waals surface area contributed by atoms with Crippen LogP contribution in [0, 0.1) is 17.8 Å². The van der Waals surface area contributed by atoms with Crippen molar-refractivity contribution >= 4 is 39.5 Å². The summed E-state index contributed by atoms with van der Waals surface area (Å²) >= 11 is 0. The Labute approximate surface area is 543 Å². The Morgan fingerprint density at radius 1 is 0.303 bits per heavy atom. The van der Waals surface area contributed by atoms with Crippen LogP contribution in [0.4, 0.5) is 0 Å². The number of phosphoric acid groups is 2. The topological polar surface area (TPSA) is 237 Å². The Balaban J connectivity index is 5.25. The number of carbonyl (C=O) groups excluding carboxylic acids is 4. The molecule has 0 saturated carbocycles. The number of carbonyl (C=O) groups is 4. The average Bonchev–Trinajstić information content (AvgIpc) is 3.51. The molecule has 0 spiro atoms. The van der Waals surface area contributed by atoms with Crippen molar-refractivity contribution in [2.75, 3.05) is 39.6 Å². The van der Waals surface area contributed by atoms with E-state index in [0.717, 1.165) is 108 Å². The van der Waals surface area contributed by atoms with Crippen LogP contribution in [0.1, 0.15) is 350 Å². The van der Waals surface area contributed by atoms with Gasteiger partial charge < -0.3 is 33.8 Å². The number of aliphatic hydroxyl groups is 1. The molecule has 19 heteroatoms. The molecule has 0 aliphatic rings. The first kappa shape index (κ1) is 87.1. The highest BCUT2D eigenvalue weighted by Gasteiger charge is 2.30. The number of rotatable bonds is 68. The van der Waals surface area contributed by atoms with Crippen molar-refractivity contribution < 1.29 is 80.2 Å². The second-order valence-corrected chi connectivity index (χ2v) is 29.6. The van der Waals surface area contributed by atoms with Gasteiger partial charge in [0.1, 0.15) is 19.3 Å². The van der Waals surface area contributed by atoms with Crippen LogP contribution in [0.15, 0.2) is 0 Å². The molecule has 3 N–H and O–H groups in total. The molecule has 89 heavy (non-hydrogen) atoms. The number of esters is 4. The largest absolute Gasteiger partial charge is 0.472 e. The van der Waals surface area contributed by atoms with Gasteiger partial charge in [0.05, 0.1) is 26.4 Å². The maximum Gasteiger partial charge on any atom is 0.472 e. The molecule has 528 valence electrons. The van der Waals surface area contributed by atoms with Crippen molar-refractivity contribution in [1.82, 2.24) is 0 Å². The van der Waals surface area contributed by atoms with Crippen molar-refractivity contribution in [2.45, 2.75) is 369 Å². The summed E-state index contributed by atoms with van der Waals surface area (Å²) in [6.45, 7) is 11.8. The van der Waals surface area contributed by atoms with Gasteiger partial charge in [-0.2, -0.15) is 0 Å². The van der Waals surface area contributed by atoms with Crippen LogP contribution in [0.5, 0.6) is 0 Å². The summed E-state index contributed by atoms with van der Waals surface area (Å²) < 4.78 is 68.3. The van der Waals surface area contributed by atoms with E-state index in [1.807, 2.05) is 0 Å². The zero-order valence-corrected chi connectivity index (χ0v) is 59.7. The quantitative estimate of drug-likeness (QED) is 0.0222. The predicted octanol–water partition coefficient (Wildman–Crippen LogP) is 19.8. The molecule has 0 aromatic rings. The van der Waals surface area contributed by atoms with Crippen molar-refractivity contribution in [1.29, 1.82) is 0 Å². The Hall–Kier alpha value is -1.94. The Kier molecular flexibility index (Phi) is 59.6. The fourth-order valence-corrected chi connectivity index (χ4v) is 12.1. The second kappa shape index (κ2) is 61.0. The van der Waals surface area contributed by atoms with Gasteiger partial charge in [-0.3, -0.25) is 37.3 Å². The molecule has 0 saturated heterocycles. The normalized spacial score (nSPS) is 14.2. The van der Waals surface area contributed by atoms with E-state index in [2.05, 4.69) is 48.5 Å². The summed E-state index contributed by atoms with van der Waals surface area (Å²) in [5, 5.41) is 10.6. The van der Waals surface area contributed by atoms with E-state index < -0.39 is 97.5 Å². The van der Waals surface area contributed by atoms with Gasteiger partial charge in [0, 0.05) is 25.7 Å². The van der Waals surface area contributed by atoms with E-state index in [1.54, 1.807) is 0 Å². The van der Waals surface area contributed by atoms with E-state index in [0.29, 0.717) is 31.6 Å². The fraction of sp³-hybridized carbons (Fsp3) is 0.943. The monoisotopic (exact) mass is 1310 g/mol. The van der Waals surface area contributed by atoms with Gasteiger partial charge in [0.15, 0.2) is 12.2 Å². The summed E-state index contributed by atoms with van der Waals surface area (Å²) in [5.74, 6) is 0.0630. The van der Waals surface area contributed by atoms with E-state index in [4.69, 9.17) is 37.0 Å². The van der Waals surface area contributed by atoms with Gasteiger partial charge in [-0.15, -0.1) is 0 Å². The molecule has 5 atom stereocenters. The molecule has 0 fully saturated rings. The van der Waals surface area contributed by atoms with Crippen LogP contribution in [-0.2, 0) is 65.4 Å². The van der Waals surface area contributed by atoms with Gasteiger partial charge >= 0.3 is 39.5 Å². The van der Waals surface area contributed by atoms with Crippen LogP contribution < -0.4 is 0 Å². The standard InChI is InChI=1S/C70H136O17P2/c1-8-9-10-11-12-13-14-15-16-17-25-30-39-46-53-69(74)86-65(57-80-67(72)51-44-37-29-24-20-18-22-27-34-41-48-61(2)3)59-84-88(76,77)82-55-64(71)56-83-89(78,79)85-60-66(58-81-68(73)52-45-38-33-32-36-43-50-63(6)7)87-70(75)54-47-40-31-26-21-19-23-28-35-42-49-62(4)5/h61-66,71H,8-60H2,1-7H3,(H,76,77)(H,78,79)/t64-,65-,66-/m1/s1. The van der Waals surface area contributed by atoms with Crippen molar-refractivity contribution in [3.63, 3.8) is 0 Å². The predicted molar refractivity (Wildman–Crippen MR) is 358 cm³/mol.